The quantitative estimate of drug-likeness (QED) is 0.357. The Labute approximate surface area is 84.1 Å². The summed E-state index contributed by atoms with van der Waals surface area (Å²) in [6.07, 6.45) is 0. The van der Waals surface area contributed by atoms with E-state index in [1.807, 2.05) is 0 Å². The van der Waals surface area contributed by atoms with Crippen LogP contribution in [0.15, 0.2) is 0 Å². The molecule has 0 spiro atoms. The second-order valence-electron chi connectivity index (χ2n) is 0.346. The summed E-state index contributed by atoms with van der Waals surface area (Å²) in [5, 5.41) is 21.5. The van der Waals surface area contributed by atoms with Crippen molar-refractivity contribution in [2.45, 2.75) is 0 Å². The fraction of sp³-hybridized carbons (Fsp3) is 0. The SMILES string of the molecule is O.O.O.O.O.O.O.O.OB(O)O.[Mn]. The largest absolute Gasteiger partial charge is 0.631 e. The van der Waals surface area contributed by atoms with E-state index in [-0.39, 0.29) is 60.9 Å². The van der Waals surface area contributed by atoms with Gasteiger partial charge in [-0.2, -0.15) is 0 Å². The van der Waals surface area contributed by atoms with E-state index in [9.17, 15) is 0 Å². The molecule has 0 saturated heterocycles. The summed E-state index contributed by atoms with van der Waals surface area (Å²) in [6, 6.07) is 0. The van der Waals surface area contributed by atoms with Crippen LogP contribution in [0, 0.1) is 0 Å². The molecule has 0 atom stereocenters. The molecule has 0 aliphatic carbocycles. The summed E-state index contributed by atoms with van der Waals surface area (Å²) >= 11 is 0. The maximum absolute atomic E-state index is 7.17. The van der Waals surface area contributed by atoms with Gasteiger partial charge in [-0.15, -0.1) is 0 Å². The van der Waals surface area contributed by atoms with Crippen LogP contribution < -0.4 is 0 Å². The molecule has 0 aromatic heterocycles. The van der Waals surface area contributed by atoms with Crippen LogP contribution in [0.1, 0.15) is 0 Å². The molecule has 1 radical (unpaired) electrons. The van der Waals surface area contributed by atoms with Crippen molar-refractivity contribution in [2.24, 2.45) is 0 Å². The van der Waals surface area contributed by atoms with Gasteiger partial charge < -0.3 is 58.9 Å². The van der Waals surface area contributed by atoms with Crippen LogP contribution in [0.3, 0.4) is 0 Å². The fourth-order valence-electron chi connectivity index (χ4n) is 0. The Kier molecular flexibility index (Phi) is 2300. The number of hydrogen-bond donors (Lipinski definition) is 3. The Morgan fingerprint density at radius 2 is 0.462 bits per heavy atom. The van der Waals surface area contributed by atoms with Crippen LogP contribution in [0.25, 0.3) is 0 Å². The van der Waals surface area contributed by atoms with Crippen LogP contribution in [0.2, 0.25) is 0 Å². The second-order valence-corrected chi connectivity index (χ2v) is 0.346. The third-order valence-corrected chi connectivity index (χ3v) is 0. The third kappa shape index (κ3) is 59900. The molecule has 19 N–H and O–H groups in total. The Bertz CT molecular complexity index is 14.8. The molecule has 0 saturated carbocycles. The van der Waals surface area contributed by atoms with E-state index in [1.54, 1.807) is 0 Å². The van der Waals surface area contributed by atoms with E-state index >= 15 is 0 Å². The van der Waals surface area contributed by atoms with Crippen molar-refractivity contribution in [2.75, 3.05) is 0 Å². The standard InChI is InChI=1S/BH3O3.Mn.8H2O/c2-1(3)4;;;;;;;;;/h2-4H;;8*1H2. The summed E-state index contributed by atoms with van der Waals surface area (Å²) < 4.78 is 0. The molecule has 0 aliphatic rings. The minimum absolute atomic E-state index is 0. The molecule has 95 valence electrons. The van der Waals surface area contributed by atoms with E-state index in [4.69, 9.17) is 15.1 Å². The normalized spacial score (nSPS) is 2.08. The van der Waals surface area contributed by atoms with Gasteiger partial charge in [0.1, 0.15) is 0 Å². The molecule has 0 amide bonds. The average Bonchev–Trinajstić information content (AvgIpc) is 0.811. The molecule has 13 heteroatoms. The Balaban J connectivity index is -0.00000000125. The van der Waals surface area contributed by atoms with E-state index in [1.165, 1.54) is 0 Å². The van der Waals surface area contributed by atoms with E-state index in [0.717, 1.165) is 0 Å². The van der Waals surface area contributed by atoms with E-state index in [2.05, 4.69) is 0 Å². The molecule has 0 rings (SSSR count). The molecular formula is H19BMnO11. The first-order chi connectivity index (χ1) is 1.73. The summed E-state index contributed by atoms with van der Waals surface area (Å²) in [5.41, 5.74) is 0. The van der Waals surface area contributed by atoms with Crippen molar-refractivity contribution in [1.82, 2.24) is 0 Å². The first kappa shape index (κ1) is 196. The maximum Gasteiger partial charge on any atom is 0.631 e. The Morgan fingerprint density at radius 3 is 0.462 bits per heavy atom. The monoisotopic (exact) mass is 261 g/mol. The van der Waals surface area contributed by atoms with Gasteiger partial charge in [0.15, 0.2) is 0 Å². The molecule has 0 heterocycles. The van der Waals surface area contributed by atoms with Crippen LogP contribution >= 0.6 is 0 Å². The minimum Gasteiger partial charge on any atom is -0.412 e. The van der Waals surface area contributed by atoms with Crippen molar-refractivity contribution >= 4 is 7.32 Å². The minimum atomic E-state index is -2.17. The van der Waals surface area contributed by atoms with Crippen molar-refractivity contribution in [3.8, 4) is 0 Å². The fourth-order valence-corrected chi connectivity index (χ4v) is 0. The molecule has 0 fully saturated rings. The average molecular weight is 261 g/mol. The van der Waals surface area contributed by atoms with Gasteiger partial charge in [-0.05, 0) is 0 Å². The molecule has 0 unspecified atom stereocenters. The Hall–Kier alpha value is 0.144. The molecule has 13 heavy (non-hydrogen) atoms. The first-order valence-corrected chi connectivity index (χ1v) is 0.775. The summed E-state index contributed by atoms with van der Waals surface area (Å²) in [6.45, 7) is 0. The number of hydrogen-bond acceptors (Lipinski definition) is 3. The van der Waals surface area contributed by atoms with E-state index < -0.39 is 7.32 Å². The van der Waals surface area contributed by atoms with Crippen LogP contribution in [0.4, 0.5) is 0 Å². The molecule has 0 aromatic rings. The summed E-state index contributed by atoms with van der Waals surface area (Å²) in [7, 11) is -2.17. The van der Waals surface area contributed by atoms with Gasteiger partial charge in [-0.1, -0.05) is 0 Å². The predicted octanol–water partition coefficient (Wildman–Crippen LogP) is -8.65. The van der Waals surface area contributed by atoms with Crippen LogP contribution in [-0.4, -0.2) is 66.2 Å². The predicted molar refractivity (Wildman–Crippen MR) is 41.3 cm³/mol. The zero-order chi connectivity index (χ0) is 3.58. The van der Waals surface area contributed by atoms with Gasteiger partial charge in [0.05, 0.1) is 0 Å². The molecule has 0 bridgehead atoms. The summed E-state index contributed by atoms with van der Waals surface area (Å²) in [4.78, 5) is 0. The van der Waals surface area contributed by atoms with Crippen molar-refractivity contribution < 1.29 is 76.0 Å². The van der Waals surface area contributed by atoms with Crippen molar-refractivity contribution in [3.05, 3.63) is 0 Å². The van der Waals surface area contributed by atoms with Gasteiger partial charge >= 0.3 is 7.32 Å². The smallest absolute Gasteiger partial charge is 0.412 e. The van der Waals surface area contributed by atoms with Crippen LogP contribution in [-0.2, 0) is 17.1 Å². The van der Waals surface area contributed by atoms with Gasteiger partial charge in [-0.3, -0.25) is 0 Å². The zero-order valence-electron chi connectivity index (χ0n) is 6.30. The molecule has 0 aliphatic heterocycles. The van der Waals surface area contributed by atoms with Gasteiger partial charge in [0.2, 0.25) is 0 Å². The van der Waals surface area contributed by atoms with Crippen LogP contribution in [0.5, 0.6) is 0 Å². The third-order valence-electron chi connectivity index (χ3n) is 0. The molecular weight excluding hydrogens is 242 g/mol. The summed E-state index contributed by atoms with van der Waals surface area (Å²) in [5.74, 6) is 0. The number of rotatable bonds is 0. The molecule has 0 aromatic carbocycles. The van der Waals surface area contributed by atoms with Gasteiger partial charge in [-0.25, -0.2) is 0 Å². The zero-order valence-corrected chi connectivity index (χ0v) is 7.48. The van der Waals surface area contributed by atoms with Crippen molar-refractivity contribution in [1.29, 1.82) is 0 Å². The van der Waals surface area contributed by atoms with Gasteiger partial charge in [0.25, 0.3) is 0 Å². The topological polar surface area (TPSA) is 313 Å². The first-order valence-electron chi connectivity index (χ1n) is 0.775. The van der Waals surface area contributed by atoms with Gasteiger partial charge in [0, 0.05) is 17.1 Å². The Morgan fingerprint density at radius 1 is 0.462 bits per heavy atom. The van der Waals surface area contributed by atoms with Crippen molar-refractivity contribution in [3.63, 3.8) is 0 Å². The van der Waals surface area contributed by atoms with E-state index in [0.29, 0.717) is 0 Å². The second kappa shape index (κ2) is 153. The molecule has 11 nitrogen and oxygen atoms in total. The maximum atomic E-state index is 7.17.